The summed E-state index contributed by atoms with van der Waals surface area (Å²) in [5, 5.41) is 8.06. The Kier molecular flexibility index (Phi) is 5.55. The second-order valence-corrected chi connectivity index (χ2v) is 3.96. The van der Waals surface area contributed by atoms with E-state index in [9.17, 15) is 0 Å². The SMILES string of the molecule is Cl.Clc1cccc(/C=N/NC2=NCCN2)c1Cl. The van der Waals surface area contributed by atoms with Crippen molar-refractivity contribution in [1.82, 2.24) is 10.7 Å². The molecule has 7 heteroatoms. The van der Waals surface area contributed by atoms with Crippen LogP contribution in [-0.4, -0.2) is 25.3 Å². The summed E-state index contributed by atoms with van der Waals surface area (Å²) in [5.74, 6) is 0.675. The van der Waals surface area contributed by atoms with Gasteiger partial charge in [0.1, 0.15) is 0 Å². The van der Waals surface area contributed by atoms with Gasteiger partial charge in [0.25, 0.3) is 0 Å². The molecule has 0 aliphatic carbocycles. The molecule has 4 nitrogen and oxygen atoms in total. The van der Waals surface area contributed by atoms with Gasteiger partial charge in [-0.25, -0.2) is 10.4 Å². The van der Waals surface area contributed by atoms with Crippen LogP contribution in [0.4, 0.5) is 0 Å². The van der Waals surface area contributed by atoms with Gasteiger partial charge in [-0.05, 0) is 6.07 Å². The third-order valence-electron chi connectivity index (χ3n) is 2.03. The maximum Gasteiger partial charge on any atom is 0.212 e. The van der Waals surface area contributed by atoms with Crippen molar-refractivity contribution in [1.29, 1.82) is 0 Å². The number of hydrogen-bond donors (Lipinski definition) is 2. The molecule has 2 rings (SSSR count). The molecular formula is C10H11Cl3N4. The van der Waals surface area contributed by atoms with Gasteiger partial charge in [-0.15, -0.1) is 12.4 Å². The Balaban J connectivity index is 0.00000144. The number of benzene rings is 1. The zero-order valence-electron chi connectivity index (χ0n) is 8.78. The molecule has 17 heavy (non-hydrogen) atoms. The molecule has 0 bridgehead atoms. The predicted octanol–water partition coefficient (Wildman–Crippen LogP) is 2.30. The molecular weight excluding hydrogens is 282 g/mol. The molecule has 0 spiro atoms. The van der Waals surface area contributed by atoms with Crippen molar-refractivity contribution in [3.63, 3.8) is 0 Å². The Morgan fingerprint density at radius 2 is 2.24 bits per heavy atom. The molecule has 0 amide bonds. The molecule has 0 fully saturated rings. The molecule has 1 aliphatic heterocycles. The summed E-state index contributed by atoms with van der Waals surface area (Å²) in [6, 6.07) is 5.39. The van der Waals surface area contributed by atoms with E-state index in [0.717, 1.165) is 18.7 Å². The Hall–Kier alpha value is -0.970. The van der Waals surface area contributed by atoms with E-state index in [1.165, 1.54) is 0 Å². The second-order valence-electron chi connectivity index (χ2n) is 3.17. The molecule has 0 saturated heterocycles. The molecule has 1 aromatic carbocycles. The molecule has 2 N–H and O–H groups in total. The maximum absolute atomic E-state index is 5.99. The van der Waals surface area contributed by atoms with Crippen LogP contribution in [0.25, 0.3) is 0 Å². The standard InChI is InChI=1S/C10H10Cl2N4.ClH/c11-8-3-1-2-7(9(8)12)6-15-16-10-13-4-5-14-10;/h1-3,6H,4-5H2,(H2,13,14,16);1H/b15-6+;. The fourth-order valence-electron chi connectivity index (χ4n) is 1.26. The van der Waals surface area contributed by atoms with Crippen LogP contribution < -0.4 is 10.7 Å². The molecule has 0 aromatic heterocycles. The first-order valence-corrected chi connectivity index (χ1v) is 5.54. The number of guanidine groups is 1. The van der Waals surface area contributed by atoms with Crippen LogP contribution in [0.15, 0.2) is 28.3 Å². The Bertz CT molecular complexity index is 445. The summed E-state index contributed by atoms with van der Waals surface area (Å²) in [4.78, 5) is 4.13. The van der Waals surface area contributed by atoms with Gasteiger partial charge < -0.3 is 5.32 Å². The number of rotatable bonds is 2. The fraction of sp³-hybridized carbons (Fsp3) is 0.200. The molecule has 1 aromatic rings. The number of hydrogen-bond acceptors (Lipinski definition) is 4. The number of nitrogens with one attached hydrogen (secondary N) is 2. The lowest BCUT2D eigenvalue weighted by Crippen LogP contribution is -2.30. The van der Waals surface area contributed by atoms with Crippen LogP contribution in [0.3, 0.4) is 0 Å². The van der Waals surface area contributed by atoms with Crippen LogP contribution in [0.5, 0.6) is 0 Å². The van der Waals surface area contributed by atoms with E-state index >= 15 is 0 Å². The Morgan fingerprint density at radius 3 is 2.94 bits per heavy atom. The van der Waals surface area contributed by atoms with Gasteiger partial charge in [0.15, 0.2) is 0 Å². The van der Waals surface area contributed by atoms with Crippen molar-refractivity contribution in [2.45, 2.75) is 0 Å². The van der Waals surface area contributed by atoms with Gasteiger partial charge in [0.05, 0.1) is 22.8 Å². The van der Waals surface area contributed by atoms with Crippen molar-refractivity contribution in [2.24, 2.45) is 10.1 Å². The van der Waals surface area contributed by atoms with E-state index in [2.05, 4.69) is 20.8 Å². The largest absolute Gasteiger partial charge is 0.353 e. The average Bonchev–Trinajstić information content (AvgIpc) is 2.77. The number of aliphatic imine (C=N–C) groups is 1. The summed E-state index contributed by atoms with van der Waals surface area (Å²) in [6.07, 6.45) is 1.61. The van der Waals surface area contributed by atoms with Gasteiger partial charge in [-0.1, -0.05) is 35.3 Å². The minimum Gasteiger partial charge on any atom is -0.353 e. The van der Waals surface area contributed by atoms with Crippen LogP contribution in [0, 0.1) is 0 Å². The minimum absolute atomic E-state index is 0. The van der Waals surface area contributed by atoms with E-state index in [1.54, 1.807) is 12.3 Å². The highest BCUT2D eigenvalue weighted by atomic mass is 35.5. The lowest BCUT2D eigenvalue weighted by atomic mass is 10.2. The van der Waals surface area contributed by atoms with Crippen molar-refractivity contribution in [3.05, 3.63) is 33.8 Å². The third kappa shape index (κ3) is 3.77. The Labute approximate surface area is 116 Å². The van der Waals surface area contributed by atoms with E-state index in [-0.39, 0.29) is 12.4 Å². The molecule has 0 atom stereocenters. The van der Waals surface area contributed by atoms with E-state index < -0.39 is 0 Å². The molecule has 1 aliphatic rings. The molecule has 92 valence electrons. The first-order valence-electron chi connectivity index (χ1n) is 4.79. The zero-order chi connectivity index (χ0) is 11.4. The van der Waals surface area contributed by atoms with Crippen LogP contribution in [0.2, 0.25) is 10.0 Å². The second kappa shape index (κ2) is 6.69. The van der Waals surface area contributed by atoms with Gasteiger partial charge in [-0.2, -0.15) is 5.10 Å². The summed E-state index contributed by atoms with van der Waals surface area (Å²) in [6.45, 7) is 1.62. The number of hydrazone groups is 1. The summed E-state index contributed by atoms with van der Waals surface area (Å²) in [7, 11) is 0. The quantitative estimate of drug-likeness (QED) is 0.649. The molecule has 0 unspecified atom stereocenters. The highest BCUT2D eigenvalue weighted by Crippen LogP contribution is 2.23. The van der Waals surface area contributed by atoms with Crippen molar-refractivity contribution in [3.8, 4) is 0 Å². The summed E-state index contributed by atoms with van der Waals surface area (Å²) >= 11 is 11.9. The normalized spacial score (nSPS) is 14.1. The van der Waals surface area contributed by atoms with Gasteiger partial charge in [-0.3, -0.25) is 0 Å². The lowest BCUT2D eigenvalue weighted by Gasteiger charge is -2.01. The van der Waals surface area contributed by atoms with Gasteiger partial charge in [0, 0.05) is 12.1 Å². The minimum atomic E-state index is 0. The van der Waals surface area contributed by atoms with Crippen LogP contribution >= 0.6 is 35.6 Å². The van der Waals surface area contributed by atoms with E-state index in [4.69, 9.17) is 23.2 Å². The van der Waals surface area contributed by atoms with Crippen LogP contribution in [0.1, 0.15) is 5.56 Å². The average molecular weight is 294 g/mol. The topological polar surface area (TPSA) is 48.8 Å². The van der Waals surface area contributed by atoms with Gasteiger partial charge in [0.2, 0.25) is 5.96 Å². The van der Waals surface area contributed by atoms with Crippen molar-refractivity contribution < 1.29 is 0 Å². The first kappa shape index (κ1) is 14.1. The van der Waals surface area contributed by atoms with Crippen molar-refractivity contribution in [2.75, 3.05) is 13.1 Å². The number of nitrogens with zero attached hydrogens (tertiary/aromatic N) is 2. The highest BCUT2D eigenvalue weighted by molar-refractivity contribution is 6.43. The predicted molar refractivity (Wildman–Crippen MR) is 74.7 cm³/mol. The van der Waals surface area contributed by atoms with E-state index in [0.29, 0.717) is 16.0 Å². The summed E-state index contributed by atoms with van der Waals surface area (Å²) < 4.78 is 0. The van der Waals surface area contributed by atoms with Crippen LogP contribution in [-0.2, 0) is 0 Å². The maximum atomic E-state index is 5.99. The third-order valence-corrected chi connectivity index (χ3v) is 2.86. The zero-order valence-corrected chi connectivity index (χ0v) is 11.1. The molecule has 0 saturated carbocycles. The van der Waals surface area contributed by atoms with Crippen molar-refractivity contribution >= 4 is 47.8 Å². The monoisotopic (exact) mass is 292 g/mol. The highest BCUT2D eigenvalue weighted by Gasteiger charge is 2.03. The molecule has 0 radical (unpaired) electrons. The molecule has 1 heterocycles. The smallest absolute Gasteiger partial charge is 0.212 e. The van der Waals surface area contributed by atoms with Gasteiger partial charge >= 0.3 is 0 Å². The first-order chi connectivity index (χ1) is 7.77. The fourth-order valence-corrected chi connectivity index (χ4v) is 1.61. The summed E-state index contributed by atoms with van der Waals surface area (Å²) in [5.41, 5.74) is 3.55. The van der Waals surface area contributed by atoms with E-state index in [1.807, 2.05) is 12.1 Å². The lowest BCUT2D eigenvalue weighted by molar-refractivity contribution is 0.920. The Morgan fingerprint density at radius 1 is 1.41 bits per heavy atom. The number of halogens is 3.